The first-order chi connectivity index (χ1) is 14.5. The van der Waals surface area contributed by atoms with Gasteiger partial charge in [-0.1, -0.05) is 41.9 Å². The van der Waals surface area contributed by atoms with E-state index in [1.807, 2.05) is 30.3 Å². The minimum absolute atomic E-state index is 0.0237. The van der Waals surface area contributed by atoms with Crippen molar-refractivity contribution >= 4 is 29.2 Å². The molecule has 0 spiro atoms. The Morgan fingerprint density at radius 2 is 1.81 bits per heavy atom. The molecule has 0 bridgehead atoms. The lowest BCUT2D eigenvalue weighted by molar-refractivity contribution is -0.147. The van der Waals surface area contributed by atoms with Crippen molar-refractivity contribution in [3.05, 3.63) is 64.7 Å². The molecule has 1 aliphatic heterocycles. The number of aliphatic carboxylic acids is 1. The summed E-state index contributed by atoms with van der Waals surface area (Å²) in [5.74, 6) is -0.874. The Balaban J connectivity index is 1.69. The van der Waals surface area contributed by atoms with Gasteiger partial charge in [0.2, 0.25) is 5.91 Å². The normalized spacial score (nSPS) is 16.3. The van der Waals surface area contributed by atoms with Gasteiger partial charge in [-0.25, -0.2) is 0 Å². The number of nitrogens with zero attached hydrogens (tertiary/aromatic N) is 1. The van der Waals surface area contributed by atoms with Crippen molar-refractivity contribution in [1.29, 1.82) is 0 Å². The van der Waals surface area contributed by atoms with Crippen LogP contribution in [0.4, 0.5) is 5.69 Å². The van der Waals surface area contributed by atoms with E-state index in [-0.39, 0.29) is 17.4 Å². The van der Waals surface area contributed by atoms with Crippen molar-refractivity contribution in [2.45, 2.75) is 52.0 Å². The van der Waals surface area contributed by atoms with Crippen LogP contribution in [0.25, 0.3) is 0 Å². The molecule has 1 unspecified atom stereocenters. The maximum absolute atomic E-state index is 13.1. The summed E-state index contributed by atoms with van der Waals surface area (Å²) in [6, 6.07) is 15.7. The van der Waals surface area contributed by atoms with Gasteiger partial charge in [0.05, 0.1) is 5.41 Å². The number of carbonyl (C=O) groups is 2. The smallest absolute Gasteiger partial charge is 0.309 e. The van der Waals surface area contributed by atoms with Crippen LogP contribution in [0.3, 0.4) is 0 Å². The molecule has 166 valence electrons. The fourth-order valence-corrected chi connectivity index (χ4v) is 4.38. The topological polar surface area (TPSA) is 69.6 Å². The van der Waals surface area contributed by atoms with E-state index >= 15 is 0 Å². The van der Waals surface area contributed by atoms with Gasteiger partial charge in [-0.2, -0.15) is 0 Å². The van der Waals surface area contributed by atoms with E-state index in [0.29, 0.717) is 31.0 Å². The standard InChI is InChI=1S/C25H31ClN2O3/c1-24(2,23(30)31)15-17-16-28(21-11-10-19(26)14-20(17)21)22(29)12-13-27-25(3,4)18-8-6-5-7-9-18/h5-11,14,17,27H,12-13,15-16H2,1-4H3,(H,30,31). The van der Waals surface area contributed by atoms with Crippen molar-refractivity contribution < 1.29 is 14.7 Å². The van der Waals surface area contributed by atoms with Gasteiger partial charge in [-0.05, 0) is 63.4 Å². The minimum Gasteiger partial charge on any atom is -0.481 e. The number of carbonyl (C=O) groups excluding carboxylic acids is 1. The van der Waals surface area contributed by atoms with Crippen LogP contribution in [-0.4, -0.2) is 30.1 Å². The Bertz CT molecular complexity index is 956. The zero-order valence-corrected chi connectivity index (χ0v) is 19.4. The Labute approximate surface area is 189 Å². The van der Waals surface area contributed by atoms with E-state index in [1.54, 1.807) is 24.8 Å². The molecule has 0 saturated carbocycles. The first kappa shape index (κ1) is 23.3. The predicted octanol–water partition coefficient (Wildman–Crippen LogP) is 5.19. The average Bonchev–Trinajstić information content (AvgIpc) is 3.05. The number of hydrogen-bond acceptors (Lipinski definition) is 3. The van der Waals surface area contributed by atoms with Crippen LogP contribution in [0.15, 0.2) is 48.5 Å². The first-order valence-corrected chi connectivity index (χ1v) is 11.0. The van der Waals surface area contributed by atoms with E-state index in [9.17, 15) is 14.7 Å². The number of carboxylic acids is 1. The Morgan fingerprint density at radius 1 is 1.13 bits per heavy atom. The third-order valence-corrected chi connectivity index (χ3v) is 6.40. The first-order valence-electron chi connectivity index (χ1n) is 10.6. The molecule has 0 aromatic heterocycles. The van der Waals surface area contributed by atoms with Gasteiger partial charge in [0.25, 0.3) is 0 Å². The molecule has 6 heteroatoms. The van der Waals surface area contributed by atoms with Gasteiger partial charge in [0, 0.05) is 41.7 Å². The Morgan fingerprint density at radius 3 is 2.45 bits per heavy atom. The fourth-order valence-electron chi connectivity index (χ4n) is 4.20. The number of carboxylic acid groups (broad SMARTS) is 1. The Kier molecular flexibility index (Phi) is 6.77. The van der Waals surface area contributed by atoms with Crippen LogP contribution >= 0.6 is 11.6 Å². The highest BCUT2D eigenvalue weighted by Gasteiger charge is 2.38. The van der Waals surface area contributed by atoms with E-state index in [1.165, 1.54) is 5.56 Å². The van der Waals surface area contributed by atoms with E-state index in [0.717, 1.165) is 11.3 Å². The molecule has 0 radical (unpaired) electrons. The molecule has 1 aliphatic rings. The maximum atomic E-state index is 13.1. The number of anilines is 1. The highest BCUT2D eigenvalue weighted by molar-refractivity contribution is 6.30. The van der Waals surface area contributed by atoms with Crippen LogP contribution in [0.1, 0.15) is 57.6 Å². The van der Waals surface area contributed by atoms with E-state index in [4.69, 9.17) is 11.6 Å². The van der Waals surface area contributed by atoms with Gasteiger partial charge >= 0.3 is 5.97 Å². The molecular formula is C25H31ClN2O3. The fraction of sp³-hybridized carbons (Fsp3) is 0.440. The lowest BCUT2D eigenvalue weighted by Crippen LogP contribution is -2.40. The molecule has 2 aromatic rings. The minimum atomic E-state index is -0.884. The molecule has 31 heavy (non-hydrogen) atoms. The van der Waals surface area contributed by atoms with Crippen LogP contribution in [0, 0.1) is 5.41 Å². The zero-order chi connectivity index (χ0) is 22.8. The van der Waals surface area contributed by atoms with Crippen molar-refractivity contribution in [2.75, 3.05) is 18.0 Å². The summed E-state index contributed by atoms with van der Waals surface area (Å²) in [4.78, 5) is 26.5. The molecule has 3 rings (SSSR count). The number of benzene rings is 2. The summed E-state index contributed by atoms with van der Waals surface area (Å²) < 4.78 is 0. The molecule has 1 heterocycles. The number of nitrogens with one attached hydrogen (secondary N) is 1. The zero-order valence-electron chi connectivity index (χ0n) is 18.6. The summed E-state index contributed by atoms with van der Waals surface area (Å²) in [7, 11) is 0. The van der Waals surface area contributed by atoms with Crippen molar-refractivity contribution in [3.8, 4) is 0 Å². The lowest BCUT2D eigenvalue weighted by atomic mass is 9.81. The van der Waals surface area contributed by atoms with E-state index < -0.39 is 11.4 Å². The molecular weight excluding hydrogens is 412 g/mol. The molecule has 1 amide bonds. The van der Waals surface area contributed by atoms with Crippen molar-refractivity contribution in [1.82, 2.24) is 5.32 Å². The van der Waals surface area contributed by atoms with Gasteiger partial charge in [0.15, 0.2) is 0 Å². The quantitative estimate of drug-likeness (QED) is 0.590. The van der Waals surface area contributed by atoms with Gasteiger partial charge in [-0.3, -0.25) is 9.59 Å². The van der Waals surface area contributed by atoms with Crippen LogP contribution in [0.2, 0.25) is 5.02 Å². The third kappa shape index (κ3) is 5.28. The van der Waals surface area contributed by atoms with Gasteiger partial charge in [-0.15, -0.1) is 0 Å². The van der Waals surface area contributed by atoms with Crippen molar-refractivity contribution in [2.24, 2.45) is 5.41 Å². The Hall–Kier alpha value is -2.37. The number of fused-ring (bicyclic) bond motifs is 1. The van der Waals surface area contributed by atoms with Gasteiger partial charge < -0.3 is 15.3 Å². The van der Waals surface area contributed by atoms with Crippen LogP contribution in [0.5, 0.6) is 0 Å². The molecule has 0 fully saturated rings. The van der Waals surface area contributed by atoms with Crippen LogP contribution in [-0.2, 0) is 15.1 Å². The molecule has 1 atom stereocenters. The van der Waals surface area contributed by atoms with Crippen molar-refractivity contribution in [3.63, 3.8) is 0 Å². The second-order valence-electron chi connectivity index (χ2n) is 9.47. The van der Waals surface area contributed by atoms with Gasteiger partial charge in [0.1, 0.15) is 0 Å². The maximum Gasteiger partial charge on any atom is 0.309 e. The highest BCUT2D eigenvalue weighted by Crippen LogP contribution is 2.43. The number of rotatable bonds is 8. The summed E-state index contributed by atoms with van der Waals surface area (Å²) in [6.45, 7) is 8.67. The molecule has 0 saturated heterocycles. The molecule has 5 nitrogen and oxygen atoms in total. The summed E-state index contributed by atoms with van der Waals surface area (Å²) in [6.07, 6.45) is 0.798. The third-order valence-electron chi connectivity index (χ3n) is 6.16. The largest absolute Gasteiger partial charge is 0.481 e. The lowest BCUT2D eigenvalue weighted by Gasteiger charge is -2.28. The molecule has 0 aliphatic carbocycles. The monoisotopic (exact) mass is 442 g/mol. The average molecular weight is 443 g/mol. The number of hydrogen-bond donors (Lipinski definition) is 2. The second-order valence-corrected chi connectivity index (χ2v) is 9.90. The number of amides is 1. The van der Waals surface area contributed by atoms with E-state index in [2.05, 4.69) is 31.3 Å². The second kappa shape index (κ2) is 9.01. The SMILES string of the molecule is CC(C)(CC1CN(C(=O)CCNC(C)(C)c2ccccc2)c2ccc(Cl)cc21)C(=O)O. The van der Waals surface area contributed by atoms with Crippen LogP contribution < -0.4 is 10.2 Å². The summed E-state index contributed by atoms with van der Waals surface area (Å²) in [5.41, 5.74) is 1.83. The highest BCUT2D eigenvalue weighted by atomic mass is 35.5. The predicted molar refractivity (Wildman–Crippen MR) is 125 cm³/mol. The molecule has 2 N–H and O–H groups in total. The summed E-state index contributed by atoms with van der Waals surface area (Å²) in [5, 5.41) is 13.6. The number of halogens is 1. The molecule has 2 aromatic carbocycles. The summed E-state index contributed by atoms with van der Waals surface area (Å²) >= 11 is 6.21.